The van der Waals surface area contributed by atoms with E-state index in [-0.39, 0.29) is 24.0 Å². The molecule has 0 aromatic rings. The summed E-state index contributed by atoms with van der Waals surface area (Å²) >= 11 is 3.71. The second-order valence-electron chi connectivity index (χ2n) is 5.16. The van der Waals surface area contributed by atoms with Crippen molar-refractivity contribution in [1.82, 2.24) is 20.2 Å². The minimum atomic E-state index is -0.338. The van der Waals surface area contributed by atoms with Gasteiger partial charge >= 0.3 is 6.03 Å². The van der Waals surface area contributed by atoms with Gasteiger partial charge in [-0.1, -0.05) is 0 Å². The van der Waals surface area contributed by atoms with Crippen molar-refractivity contribution in [1.29, 1.82) is 0 Å². The van der Waals surface area contributed by atoms with Crippen molar-refractivity contribution >= 4 is 24.8 Å². The highest BCUT2D eigenvalue weighted by Gasteiger charge is 2.48. The number of amides is 3. The molecule has 1 N–H and O–H groups in total. The number of carbonyl (C=O) groups is 2. The number of fused-ring (bicyclic) bond motifs is 2. The molecule has 0 unspecified atom stereocenters. The van der Waals surface area contributed by atoms with Crippen LogP contribution >= 0.6 is 12.9 Å². The first-order valence-corrected chi connectivity index (χ1v) is 6.99. The Kier molecular flexibility index (Phi) is 3.55. The van der Waals surface area contributed by atoms with Crippen molar-refractivity contribution in [2.75, 3.05) is 32.7 Å². The molecular weight excluding hydrogens is 268 g/mol. The van der Waals surface area contributed by atoms with E-state index < -0.39 is 0 Å². The summed E-state index contributed by atoms with van der Waals surface area (Å²) < 4.78 is 4.81. The summed E-state index contributed by atoms with van der Waals surface area (Å²) in [4.78, 5) is 28.1. The SMILES string of the molecule is O=C([C@@H]1CC[C@@H]2CN1C(=O)N2OS)N1CCNCC1. The Morgan fingerprint density at radius 2 is 2.05 bits per heavy atom. The van der Waals surface area contributed by atoms with Gasteiger partial charge in [0.2, 0.25) is 5.91 Å². The van der Waals surface area contributed by atoms with Gasteiger partial charge in [0.25, 0.3) is 0 Å². The molecule has 7 nitrogen and oxygen atoms in total. The largest absolute Gasteiger partial charge is 0.345 e. The molecule has 0 aromatic carbocycles. The molecule has 0 aromatic heterocycles. The number of piperidine rings is 1. The third-order valence-corrected chi connectivity index (χ3v) is 4.30. The zero-order valence-corrected chi connectivity index (χ0v) is 11.5. The summed E-state index contributed by atoms with van der Waals surface area (Å²) in [6.07, 6.45) is 1.48. The van der Waals surface area contributed by atoms with E-state index in [1.165, 1.54) is 5.06 Å². The van der Waals surface area contributed by atoms with E-state index in [9.17, 15) is 9.59 Å². The first-order chi connectivity index (χ1) is 9.22. The molecule has 0 spiro atoms. The Balaban J connectivity index is 1.72. The van der Waals surface area contributed by atoms with Crippen LogP contribution in [0, 0.1) is 0 Å². The van der Waals surface area contributed by atoms with Gasteiger partial charge in [-0.15, -0.1) is 0 Å². The zero-order chi connectivity index (χ0) is 13.4. The maximum absolute atomic E-state index is 12.5. The number of urea groups is 1. The molecule has 3 heterocycles. The number of piperazine rings is 1. The molecule has 3 saturated heterocycles. The molecule has 3 aliphatic rings. The van der Waals surface area contributed by atoms with Gasteiger partial charge in [-0.25, -0.2) is 9.08 Å². The summed E-state index contributed by atoms with van der Waals surface area (Å²) in [6.45, 7) is 3.63. The van der Waals surface area contributed by atoms with Crippen LogP contribution in [0.3, 0.4) is 0 Å². The fourth-order valence-electron chi connectivity index (χ4n) is 3.09. The van der Waals surface area contributed by atoms with Gasteiger partial charge in [0.15, 0.2) is 0 Å². The summed E-state index contributed by atoms with van der Waals surface area (Å²) in [6, 6.07) is -0.557. The predicted molar refractivity (Wildman–Crippen MR) is 70.3 cm³/mol. The van der Waals surface area contributed by atoms with E-state index in [2.05, 4.69) is 18.2 Å². The second-order valence-corrected chi connectivity index (χ2v) is 5.33. The van der Waals surface area contributed by atoms with E-state index in [0.29, 0.717) is 26.1 Å². The first kappa shape index (κ1) is 13.0. The van der Waals surface area contributed by atoms with Crippen LogP contribution in [0.15, 0.2) is 0 Å². The Morgan fingerprint density at radius 1 is 1.32 bits per heavy atom. The summed E-state index contributed by atoms with van der Waals surface area (Å²) in [5, 5.41) is 4.49. The smallest absolute Gasteiger partial charge is 0.338 e. The zero-order valence-electron chi connectivity index (χ0n) is 10.6. The lowest BCUT2D eigenvalue weighted by molar-refractivity contribution is -0.137. The molecule has 0 radical (unpaired) electrons. The molecule has 106 valence electrons. The molecule has 0 aliphatic carbocycles. The summed E-state index contributed by atoms with van der Waals surface area (Å²) in [5.74, 6) is 0.0642. The molecule has 2 bridgehead atoms. The van der Waals surface area contributed by atoms with Crippen molar-refractivity contribution in [3.05, 3.63) is 0 Å². The molecule has 0 saturated carbocycles. The molecule has 3 fully saturated rings. The Hall–Kier alpha value is -0.990. The van der Waals surface area contributed by atoms with Crippen LogP contribution in [0.25, 0.3) is 0 Å². The molecule has 19 heavy (non-hydrogen) atoms. The Morgan fingerprint density at radius 3 is 2.74 bits per heavy atom. The number of nitrogens with zero attached hydrogens (tertiary/aromatic N) is 3. The minimum Gasteiger partial charge on any atom is -0.338 e. The third kappa shape index (κ3) is 2.17. The quantitative estimate of drug-likeness (QED) is 0.529. The lowest BCUT2D eigenvalue weighted by atomic mass is 9.99. The van der Waals surface area contributed by atoms with Crippen LogP contribution in [0.2, 0.25) is 0 Å². The summed E-state index contributed by atoms with van der Waals surface area (Å²) in [5.41, 5.74) is 0. The van der Waals surface area contributed by atoms with Gasteiger partial charge in [0.05, 0.1) is 6.04 Å². The topological polar surface area (TPSA) is 65.1 Å². The molecule has 2 atom stereocenters. The fourth-order valence-corrected chi connectivity index (χ4v) is 3.29. The Bertz CT molecular complexity index is 388. The Labute approximate surface area is 117 Å². The van der Waals surface area contributed by atoms with E-state index in [0.717, 1.165) is 19.5 Å². The number of thiol groups is 1. The van der Waals surface area contributed by atoms with Crippen molar-refractivity contribution in [2.45, 2.75) is 24.9 Å². The first-order valence-electron chi connectivity index (χ1n) is 6.63. The van der Waals surface area contributed by atoms with Crippen molar-refractivity contribution in [3.8, 4) is 0 Å². The van der Waals surface area contributed by atoms with Crippen LogP contribution in [0.4, 0.5) is 4.79 Å². The van der Waals surface area contributed by atoms with Gasteiger partial charge in [0.1, 0.15) is 6.04 Å². The maximum Gasteiger partial charge on any atom is 0.345 e. The van der Waals surface area contributed by atoms with Crippen LogP contribution in [-0.4, -0.2) is 71.6 Å². The van der Waals surface area contributed by atoms with Crippen LogP contribution in [0.5, 0.6) is 0 Å². The predicted octanol–water partition coefficient (Wildman–Crippen LogP) is -0.537. The fraction of sp³-hybridized carbons (Fsp3) is 0.818. The van der Waals surface area contributed by atoms with Gasteiger partial charge in [-0.2, -0.15) is 5.06 Å². The van der Waals surface area contributed by atoms with Crippen molar-refractivity contribution < 1.29 is 13.9 Å². The molecule has 3 amide bonds. The van der Waals surface area contributed by atoms with E-state index >= 15 is 0 Å². The highest BCUT2D eigenvalue weighted by Crippen LogP contribution is 2.31. The number of nitrogens with one attached hydrogen (secondary N) is 1. The molecular formula is C11H18N4O3S. The van der Waals surface area contributed by atoms with Gasteiger partial charge in [0, 0.05) is 45.6 Å². The number of carbonyl (C=O) groups excluding carboxylic acids is 2. The van der Waals surface area contributed by atoms with Gasteiger partial charge in [-0.3, -0.25) is 4.79 Å². The van der Waals surface area contributed by atoms with Gasteiger partial charge < -0.3 is 15.1 Å². The van der Waals surface area contributed by atoms with Crippen molar-refractivity contribution in [2.24, 2.45) is 0 Å². The van der Waals surface area contributed by atoms with Crippen LogP contribution in [0.1, 0.15) is 12.8 Å². The number of hydrogen-bond acceptors (Lipinski definition) is 5. The third-order valence-electron chi connectivity index (χ3n) is 4.12. The van der Waals surface area contributed by atoms with E-state index in [1.807, 2.05) is 4.90 Å². The highest BCUT2D eigenvalue weighted by molar-refractivity contribution is 7.75. The highest BCUT2D eigenvalue weighted by atomic mass is 32.1. The monoisotopic (exact) mass is 286 g/mol. The standard InChI is InChI=1S/C11H18N4O3S/c16-10(13-5-3-12-4-6-13)9-2-1-8-7-14(9)11(17)15(8)18-19/h8-9,12,19H,1-7H2/t8-,9+/m1/s1. The van der Waals surface area contributed by atoms with E-state index in [4.69, 9.17) is 4.28 Å². The molecule has 3 rings (SSSR count). The van der Waals surface area contributed by atoms with Crippen molar-refractivity contribution in [3.63, 3.8) is 0 Å². The normalized spacial score (nSPS) is 31.0. The van der Waals surface area contributed by atoms with Crippen LogP contribution in [-0.2, 0) is 9.08 Å². The maximum atomic E-state index is 12.5. The average molecular weight is 286 g/mol. The number of hydrogen-bond donors (Lipinski definition) is 2. The van der Waals surface area contributed by atoms with Crippen LogP contribution < -0.4 is 5.32 Å². The number of rotatable bonds is 2. The summed E-state index contributed by atoms with van der Waals surface area (Å²) in [7, 11) is 0. The molecule has 8 heteroatoms. The lowest BCUT2D eigenvalue weighted by Crippen LogP contribution is -2.55. The second kappa shape index (κ2) is 5.18. The molecule has 3 aliphatic heterocycles. The van der Waals surface area contributed by atoms with E-state index in [1.54, 1.807) is 4.90 Å². The van der Waals surface area contributed by atoms with Gasteiger partial charge in [-0.05, 0) is 12.8 Å². The average Bonchev–Trinajstić information content (AvgIpc) is 2.71. The lowest BCUT2D eigenvalue weighted by Gasteiger charge is -2.35. The number of hydroxylamine groups is 2. The minimum absolute atomic E-state index is 0.0251.